The molecule has 1 aliphatic heterocycles. The number of rotatable bonds is 4. The van der Waals surface area contributed by atoms with Crippen molar-refractivity contribution >= 4 is 5.97 Å². The van der Waals surface area contributed by atoms with Gasteiger partial charge < -0.3 is 10.5 Å². The lowest BCUT2D eigenvalue weighted by Crippen LogP contribution is -2.37. The molecule has 1 aliphatic rings. The van der Waals surface area contributed by atoms with Gasteiger partial charge >= 0.3 is 5.97 Å². The summed E-state index contributed by atoms with van der Waals surface area (Å²) in [5.41, 5.74) is 4.93. The number of carbonyl (C=O) groups is 1. The molecule has 0 radical (unpaired) electrons. The molecule has 2 N–H and O–H groups in total. The molecule has 1 unspecified atom stereocenters. The highest BCUT2D eigenvalue weighted by Crippen LogP contribution is 2.32. The van der Waals surface area contributed by atoms with Crippen LogP contribution in [-0.4, -0.2) is 23.3 Å². The first-order valence-electron chi connectivity index (χ1n) is 5.14. The van der Waals surface area contributed by atoms with Gasteiger partial charge in [0.2, 0.25) is 0 Å². The Morgan fingerprint density at radius 2 is 2.00 bits per heavy atom. The summed E-state index contributed by atoms with van der Waals surface area (Å²) < 4.78 is 5.16. The maximum absolute atomic E-state index is 11.5. The predicted octanol–water partition coefficient (Wildman–Crippen LogP) is 1.62. The van der Waals surface area contributed by atoms with Gasteiger partial charge in [-0.2, -0.15) is 10.2 Å². The van der Waals surface area contributed by atoms with Crippen molar-refractivity contribution in [2.45, 2.75) is 57.8 Å². The molecule has 1 atom stereocenters. The van der Waals surface area contributed by atoms with Crippen LogP contribution in [0.4, 0.5) is 0 Å². The second kappa shape index (κ2) is 3.89. The summed E-state index contributed by atoms with van der Waals surface area (Å²) in [5.74, 6) is -0.355. The maximum atomic E-state index is 11.5. The van der Waals surface area contributed by atoms with E-state index in [1.54, 1.807) is 0 Å². The van der Waals surface area contributed by atoms with Crippen molar-refractivity contribution in [3.05, 3.63) is 0 Å². The first-order chi connectivity index (χ1) is 6.72. The molecule has 1 rings (SSSR count). The van der Waals surface area contributed by atoms with Crippen molar-refractivity contribution in [2.24, 2.45) is 16.0 Å². The minimum atomic E-state index is -0.577. The Bertz CT molecular complexity index is 275. The highest BCUT2D eigenvalue weighted by Gasteiger charge is 2.35. The van der Waals surface area contributed by atoms with Gasteiger partial charge in [0.25, 0.3) is 0 Å². The summed E-state index contributed by atoms with van der Waals surface area (Å²) in [6.07, 6.45) is 1.26. The zero-order chi connectivity index (χ0) is 11.7. The van der Waals surface area contributed by atoms with Crippen LogP contribution in [0.3, 0.4) is 0 Å². The highest BCUT2D eigenvalue weighted by atomic mass is 16.6. The number of nitrogens with zero attached hydrogens (tertiary/aromatic N) is 2. The van der Waals surface area contributed by atoms with Crippen LogP contribution in [-0.2, 0) is 9.53 Å². The van der Waals surface area contributed by atoms with E-state index in [1.807, 2.05) is 27.7 Å². The van der Waals surface area contributed by atoms with E-state index >= 15 is 0 Å². The average molecular weight is 213 g/mol. The lowest BCUT2D eigenvalue weighted by Gasteiger charge is -2.22. The number of hydrogen-bond acceptors (Lipinski definition) is 5. The molecule has 0 saturated carbocycles. The second-order valence-electron chi connectivity index (χ2n) is 5.10. The van der Waals surface area contributed by atoms with Crippen molar-refractivity contribution in [1.29, 1.82) is 0 Å². The normalized spacial score (nSPS) is 19.8. The molecular weight excluding hydrogens is 194 g/mol. The fraction of sp³-hybridized carbons (Fsp3) is 0.900. The van der Waals surface area contributed by atoms with Gasteiger partial charge in [-0.05, 0) is 40.5 Å². The Hall–Kier alpha value is -0.970. The zero-order valence-electron chi connectivity index (χ0n) is 9.78. The van der Waals surface area contributed by atoms with Crippen molar-refractivity contribution in [3.63, 3.8) is 0 Å². The van der Waals surface area contributed by atoms with Gasteiger partial charge in [0.1, 0.15) is 11.6 Å². The number of nitrogens with two attached hydrogens (primary N) is 1. The quantitative estimate of drug-likeness (QED) is 0.721. The lowest BCUT2D eigenvalue weighted by molar-refractivity contribution is -0.156. The average Bonchev–Trinajstić information content (AvgIpc) is 2.77. The van der Waals surface area contributed by atoms with E-state index in [9.17, 15) is 4.79 Å². The number of esters is 1. The monoisotopic (exact) mass is 213 g/mol. The van der Waals surface area contributed by atoms with E-state index in [-0.39, 0.29) is 11.6 Å². The third-order valence-electron chi connectivity index (χ3n) is 2.08. The Morgan fingerprint density at radius 3 is 2.40 bits per heavy atom. The second-order valence-corrected chi connectivity index (χ2v) is 5.10. The van der Waals surface area contributed by atoms with Crippen molar-refractivity contribution in [3.8, 4) is 0 Å². The Kier molecular flexibility index (Phi) is 3.13. The van der Waals surface area contributed by atoms with Gasteiger partial charge in [0, 0.05) is 0 Å². The molecule has 0 fully saturated rings. The fourth-order valence-corrected chi connectivity index (χ4v) is 1.11. The van der Waals surface area contributed by atoms with E-state index in [2.05, 4.69) is 10.2 Å². The highest BCUT2D eigenvalue weighted by molar-refractivity contribution is 5.75. The van der Waals surface area contributed by atoms with Crippen molar-refractivity contribution in [2.75, 3.05) is 0 Å². The number of ether oxygens (including phenoxy) is 1. The first kappa shape index (κ1) is 12.1. The van der Waals surface area contributed by atoms with Gasteiger partial charge in [0.15, 0.2) is 5.66 Å². The summed E-state index contributed by atoms with van der Waals surface area (Å²) in [6, 6.07) is -0.577. The molecule has 0 aliphatic carbocycles. The van der Waals surface area contributed by atoms with Crippen LogP contribution in [0.25, 0.3) is 0 Å². The molecule has 1 heterocycles. The van der Waals surface area contributed by atoms with Crippen LogP contribution in [0.5, 0.6) is 0 Å². The molecule has 0 saturated heterocycles. The smallest absolute Gasteiger partial charge is 0.323 e. The van der Waals surface area contributed by atoms with Crippen LogP contribution < -0.4 is 5.73 Å². The van der Waals surface area contributed by atoms with E-state index in [0.29, 0.717) is 12.8 Å². The van der Waals surface area contributed by atoms with Crippen LogP contribution in [0.2, 0.25) is 0 Å². The molecule has 5 heteroatoms. The molecule has 15 heavy (non-hydrogen) atoms. The van der Waals surface area contributed by atoms with E-state index in [1.165, 1.54) is 0 Å². The van der Waals surface area contributed by atoms with Gasteiger partial charge in [0.05, 0.1) is 0 Å². The molecule has 5 nitrogen and oxygen atoms in total. The molecule has 0 aromatic rings. The Labute approximate surface area is 90.1 Å². The molecule has 0 amide bonds. The minimum absolute atomic E-state index is 0.292. The standard InChI is InChI=1S/C10H19N3O2/c1-9(2,3)15-8(14)7(11)5-6-10(4)12-13-10/h7H,5-6,11H2,1-4H3. The third kappa shape index (κ3) is 4.38. The van der Waals surface area contributed by atoms with Gasteiger partial charge in [-0.25, -0.2) is 0 Å². The summed E-state index contributed by atoms with van der Waals surface area (Å²) in [5, 5.41) is 7.71. The van der Waals surface area contributed by atoms with Crippen molar-refractivity contribution < 1.29 is 9.53 Å². The summed E-state index contributed by atoms with van der Waals surface area (Å²) in [7, 11) is 0. The predicted molar refractivity (Wildman–Crippen MR) is 56.3 cm³/mol. The van der Waals surface area contributed by atoms with Crippen LogP contribution in [0.1, 0.15) is 40.5 Å². The third-order valence-corrected chi connectivity index (χ3v) is 2.08. The van der Waals surface area contributed by atoms with E-state index in [0.717, 1.165) is 0 Å². The molecular formula is C10H19N3O2. The number of hydrogen-bond donors (Lipinski definition) is 1. The Morgan fingerprint density at radius 1 is 1.47 bits per heavy atom. The zero-order valence-corrected chi connectivity index (χ0v) is 9.78. The summed E-state index contributed by atoms with van der Waals surface area (Å²) in [4.78, 5) is 11.5. The van der Waals surface area contributed by atoms with Gasteiger partial charge in [-0.1, -0.05) is 0 Å². The topological polar surface area (TPSA) is 77.0 Å². The molecule has 0 bridgehead atoms. The SMILES string of the molecule is CC1(CCC(N)C(=O)OC(C)(C)C)N=N1. The van der Waals surface area contributed by atoms with Gasteiger partial charge in [-0.3, -0.25) is 4.79 Å². The van der Waals surface area contributed by atoms with Crippen molar-refractivity contribution in [1.82, 2.24) is 0 Å². The first-order valence-corrected chi connectivity index (χ1v) is 5.14. The largest absolute Gasteiger partial charge is 0.459 e. The van der Waals surface area contributed by atoms with E-state index in [4.69, 9.17) is 10.5 Å². The molecule has 0 aromatic heterocycles. The fourth-order valence-electron chi connectivity index (χ4n) is 1.11. The lowest BCUT2D eigenvalue weighted by atomic mass is 10.1. The molecule has 0 spiro atoms. The summed E-state index contributed by atoms with van der Waals surface area (Å²) in [6.45, 7) is 7.38. The minimum Gasteiger partial charge on any atom is -0.459 e. The maximum Gasteiger partial charge on any atom is 0.323 e. The molecule has 86 valence electrons. The van der Waals surface area contributed by atoms with Crippen LogP contribution in [0.15, 0.2) is 10.2 Å². The van der Waals surface area contributed by atoms with Gasteiger partial charge in [-0.15, -0.1) is 0 Å². The Balaban J connectivity index is 2.27. The van der Waals surface area contributed by atoms with Crippen LogP contribution in [0, 0.1) is 0 Å². The summed E-state index contributed by atoms with van der Waals surface area (Å²) >= 11 is 0. The van der Waals surface area contributed by atoms with Crippen LogP contribution >= 0.6 is 0 Å². The molecule has 0 aromatic carbocycles. The van der Waals surface area contributed by atoms with E-state index < -0.39 is 11.6 Å². The number of carbonyl (C=O) groups excluding carboxylic acids is 1.